The Morgan fingerprint density at radius 1 is 0.955 bits per heavy atom. The molecular formula is C32H37ClFN3O6S. The molecule has 1 saturated carbocycles. The molecule has 1 aliphatic carbocycles. The van der Waals surface area contributed by atoms with Crippen molar-refractivity contribution in [3.05, 3.63) is 83.1 Å². The highest BCUT2D eigenvalue weighted by atomic mass is 35.5. The summed E-state index contributed by atoms with van der Waals surface area (Å²) in [4.78, 5) is 28.7. The second kappa shape index (κ2) is 14.8. The van der Waals surface area contributed by atoms with Crippen LogP contribution in [-0.4, -0.2) is 58.0 Å². The van der Waals surface area contributed by atoms with Crippen LogP contribution in [0.1, 0.15) is 44.6 Å². The summed E-state index contributed by atoms with van der Waals surface area (Å²) in [6.07, 6.45) is 4.90. The van der Waals surface area contributed by atoms with Gasteiger partial charge in [-0.15, -0.1) is 0 Å². The van der Waals surface area contributed by atoms with Crippen molar-refractivity contribution < 1.29 is 31.9 Å². The van der Waals surface area contributed by atoms with Crippen molar-refractivity contribution in [2.45, 2.75) is 62.6 Å². The second-order valence-corrected chi connectivity index (χ2v) is 13.0. The number of methoxy groups -OCH3 is 2. The molecule has 2 amide bonds. The van der Waals surface area contributed by atoms with E-state index in [1.54, 1.807) is 31.2 Å². The Hall–Kier alpha value is -3.83. The van der Waals surface area contributed by atoms with Gasteiger partial charge in [-0.1, -0.05) is 43.0 Å². The zero-order valence-corrected chi connectivity index (χ0v) is 26.5. The number of halogens is 2. The Morgan fingerprint density at radius 3 is 2.20 bits per heavy atom. The van der Waals surface area contributed by atoms with E-state index in [-0.39, 0.29) is 34.8 Å². The van der Waals surface area contributed by atoms with E-state index < -0.39 is 34.3 Å². The van der Waals surface area contributed by atoms with Crippen molar-refractivity contribution in [3.8, 4) is 11.5 Å². The van der Waals surface area contributed by atoms with Crippen LogP contribution in [-0.2, 0) is 26.2 Å². The van der Waals surface area contributed by atoms with Crippen LogP contribution in [0.15, 0.2) is 71.6 Å². The topological polar surface area (TPSA) is 105 Å². The predicted octanol–water partition coefficient (Wildman–Crippen LogP) is 5.56. The molecule has 0 radical (unpaired) electrons. The van der Waals surface area contributed by atoms with E-state index in [4.69, 9.17) is 21.1 Å². The molecule has 12 heteroatoms. The van der Waals surface area contributed by atoms with Crippen LogP contribution in [0.25, 0.3) is 0 Å². The van der Waals surface area contributed by atoms with Crippen LogP contribution in [0.5, 0.6) is 11.5 Å². The van der Waals surface area contributed by atoms with Crippen molar-refractivity contribution in [3.63, 3.8) is 0 Å². The normalized spacial score (nSPS) is 14.4. The Balaban J connectivity index is 1.70. The molecule has 44 heavy (non-hydrogen) atoms. The van der Waals surface area contributed by atoms with Gasteiger partial charge in [0.1, 0.15) is 18.4 Å². The standard InChI is InChI=1S/C32H37ClFN3O6S/c1-22(32(39)35-26-7-5-4-6-8-26)36(20-23-9-11-24(33)12-10-23)31(38)21-37(27-15-13-25(34)14-16-27)44(40,41)28-17-18-29(42-2)30(19-28)43-3/h9-19,22,26H,4-8,20-21H2,1-3H3,(H,35,39)/t22-/m1/s1. The summed E-state index contributed by atoms with van der Waals surface area (Å²) in [5.41, 5.74) is 0.774. The highest BCUT2D eigenvalue weighted by Gasteiger charge is 2.33. The molecule has 0 unspecified atom stereocenters. The number of amides is 2. The molecule has 9 nitrogen and oxygen atoms in total. The van der Waals surface area contributed by atoms with Crippen LogP contribution in [0.4, 0.5) is 10.1 Å². The predicted molar refractivity (Wildman–Crippen MR) is 167 cm³/mol. The first kappa shape index (κ1) is 33.1. The number of carbonyl (C=O) groups is 2. The highest BCUT2D eigenvalue weighted by Crippen LogP contribution is 2.32. The van der Waals surface area contributed by atoms with Crippen molar-refractivity contribution in [1.29, 1.82) is 0 Å². The summed E-state index contributed by atoms with van der Waals surface area (Å²) in [6.45, 7) is 0.997. The lowest BCUT2D eigenvalue weighted by atomic mass is 9.95. The zero-order chi connectivity index (χ0) is 31.9. The average Bonchev–Trinajstić information content (AvgIpc) is 3.03. The molecule has 0 spiro atoms. The minimum Gasteiger partial charge on any atom is -0.493 e. The van der Waals surface area contributed by atoms with Gasteiger partial charge in [-0.3, -0.25) is 13.9 Å². The smallest absolute Gasteiger partial charge is 0.264 e. The van der Waals surface area contributed by atoms with Crippen molar-refractivity contribution >= 4 is 39.1 Å². The Labute approximate surface area is 262 Å². The van der Waals surface area contributed by atoms with Crippen LogP contribution in [0.3, 0.4) is 0 Å². The van der Waals surface area contributed by atoms with Gasteiger partial charge in [-0.05, 0) is 73.9 Å². The summed E-state index contributed by atoms with van der Waals surface area (Å²) < 4.78 is 53.5. The number of ether oxygens (including phenoxy) is 2. The lowest BCUT2D eigenvalue weighted by Crippen LogP contribution is -2.53. The molecule has 0 saturated heterocycles. The molecule has 1 aliphatic rings. The molecule has 1 N–H and O–H groups in total. The molecule has 236 valence electrons. The van der Waals surface area contributed by atoms with Crippen LogP contribution in [0.2, 0.25) is 5.02 Å². The van der Waals surface area contributed by atoms with Crippen LogP contribution in [0, 0.1) is 5.82 Å². The number of carbonyl (C=O) groups excluding carboxylic acids is 2. The second-order valence-electron chi connectivity index (χ2n) is 10.7. The van der Waals surface area contributed by atoms with E-state index in [1.807, 2.05) is 0 Å². The Morgan fingerprint density at radius 2 is 1.59 bits per heavy atom. The highest BCUT2D eigenvalue weighted by molar-refractivity contribution is 7.92. The summed E-state index contributed by atoms with van der Waals surface area (Å²) in [7, 11) is -1.58. The number of sulfonamides is 1. The molecule has 0 bridgehead atoms. The number of nitrogens with zero attached hydrogens (tertiary/aromatic N) is 2. The third kappa shape index (κ3) is 8.00. The van der Waals surface area contributed by atoms with Gasteiger partial charge in [0.2, 0.25) is 11.8 Å². The van der Waals surface area contributed by atoms with Gasteiger partial charge in [0.25, 0.3) is 10.0 Å². The maximum atomic E-state index is 14.1. The molecule has 0 aliphatic heterocycles. The first-order valence-electron chi connectivity index (χ1n) is 14.4. The van der Waals surface area contributed by atoms with Gasteiger partial charge in [-0.2, -0.15) is 0 Å². The number of rotatable bonds is 12. The van der Waals surface area contributed by atoms with E-state index in [0.29, 0.717) is 16.3 Å². The third-order valence-electron chi connectivity index (χ3n) is 7.72. The fraction of sp³-hybridized carbons (Fsp3) is 0.375. The maximum Gasteiger partial charge on any atom is 0.264 e. The zero-order valence-electron chi connectivity index (χ0n) is 25.0. The molecule has 3 aromatic carbocycles. The fourth-order valence-corrected chi connectivity index (χ4v) is 6.73. The SMILES string of the molecule is COc1ccc(S(=O)(=O)N(CC(=O)N(Cc2ccc(Cl)cc2)[C@H](C)C(=O)NC2CCCCC2)c2ccc(F)cc2)cc1OC. The summed E-state index contributed by atoms with van der Waals surface area (Å²) in [6, 6.07) is 14.8. The Bertz CT molecular complexity index is 1550. The number of nitrogens with one attached hydrogen (secondary N) is 1. The third-order valence-corrected chi connectivity index (χ3v) is 9.74. The molecule has 4 rings (SSSR count). The first-order chi connectivity index (χ1) is 21.0. The molecular weight excluding hydrogens is 609 g/mol. The van der Waals surface area contributed by atoms with Gasteiger partial charge < -0.3 is 19.7 Å². The lowest BCUT2D eigenvalue weighted by molar-refractivity contribution is -0.139. The number of benzene rings is 3. The van der Waals surface area contributed by atoms with Crippen molar-refractivity contribution in [1.82, 2.24) is 10.2 Å². The quantitative estimate of drug-likeness (QED) is 0.277. The molecule has 1 fully saturated rings. The van der Waals surface area contributed by atoms with Crippen LogP contribution < -0.4 is 19.1 Å². The van der Waals surface area contributed by atoms with Crippen molar-refractivity contribution in [2.75, 3.05) is 25.1 Å². The van der Waals surface area contributed by atoms with Gasteiger partial charge in [0, 0.05) is 23.7 Å². The summed E-state index contributed by atoms with van der Waals surface area (Å²) in [5, 5.41) is 3.58. The monoisotopic (exact) mass is 645 g/mol. The number of hydrogen-bond donors (Lipinski definition) is 1. The number of hydrogen-bond acceptors (Lipinski definition) is 6. The minimum atomic E-state index is -4.39. The fourth-order valence-electron chi connectivity index (χ4n) is 5.18. The number of anilines is 1. The van der Waals surface area contributed by atoms with Gasteiger partial charge in [0.05, 0.1) is 24.8 Å². The Kier molecular flexibility index (Phi) is 11.1. The van der Waals surface area contributed by atoms with E-state index in [0.717, 1.165) is 48.5 Å². The first-order valence-corrected chi connectivity index (χ1v) is 16.2. The average molecular weight is 646 g/mol. The molecule has 1 atom stereocenters. The maximum absolute atomic E-state index is 14.1. The van der Waals surface area contributed by atoms with E-state index in [1.165, 1.54) is 49.5 Å². The van der Waals surface area contributed by atoms with E-state index in [9.17, 15) is 22.4 Å². The van der Waals surface area contributed by atoms with Crippen molar-refractivity contribution in [2.24, 2.45) is 0 Å². The van der Waals surface area contributed by atoms with Gasteiger partial charge in [0.15, 0.2) is 11.5 Å². The molecule has 0 aromatic heterocycles. The van der Waals surface area contributed by atoms with E-state index >= 15 is 0 Å². The molecule has 3 aromatic rings. The van der Waals surface area contributed by atoms with Gasteiger partial charge >= 0.3 is 0 Å². The van der Waals surface area contributed by atoms with Gasteiger partial charge in [-0.25, -0.2) is 12.8 Å². The largest absolute Gasteiger partial charge is 0.493 e. The van der Waals surface area contributed by atoms with E-state index in [2.05, 4.69) is 5.32 Å². The summed E-state index contributed by atoms with van der Waals surface area (Å²) >= 11 is 6.07. The minimum absolute atomic E-state index is 0.0207. The molecule has 0 heterocycles. The summed E-state index contributed by atoms with van der Waals surface area (Å²) in [5.74, 6) is -1.02. The van der Waals surface area contributed by atoms with Crippen LogP contribution >= 0.6 is 11.6 Å². The lowest BCUT2D eigenvalue weighted by Gasteiger charge is -2.33.